The summed E-state index contributed by atoms with van der Waals surface area (Å²) in [4.78, 5) is 0. The van der Waals surface area contributed by atoms with Crippen LogP contribution in [0.4, 0.5) is 13.2 Å². The second-order valence-corrected chi connectivity index (χ2v) is 9.16. The molecule has 0 spiro atoms. The minimum absolute atomic E-state index is 0.152. The SMILES string of the molecule is Clc1cccc2c1[I+]c1cccc(Cl)c1-2.O=S(=O)([O-])C(F)(F)F. The fourth-order valence-electron chi connectivity index (χ4n) is 1.73. The molecule has 124 valence electrons. The average molecular weight is 497 g/mol. The Balaban J connectivity index is 0.000000207. The number of hydrogen-bond acceptors (Lipinski definition) is 3. The summed E-state index contributed by atoms with van der Waals surface area (Å²) in [5, 5.41) is 1.72. The van der Waals surface area contributed by atoms with Crippen LogP contribution < -0.4 is 21.2 Å². The van der Waals surface area contributed by atoms with Gasteiger partial charge in [-0.2, -0.15) is 13.2 Å². The Kier molecular flexibility index (Phi) is 5.51. The zero-order chi connectivity index (χ0) is 17.4. The molecule has 1 aliphatic rings. The molecule has 0 aromatic heterocycles. The van der Waals surface area contributed by atoms with Crippen LogP contribution in [-0.4, -0.2) is 18.5 Å². The molecule has 1 heterocycles. The first kappa shape index (κ1) is 18.8. The van der Waals surface area contributed by atoms with E-state index in [-0.39, 0.29) is 21.2 Å². The highest BCUT2D eigenvalue weighted by Crippen LogP contribution is 2.31. The number of hydrogen-bond donors (Lipinski definition) is 0. The molecular weight excluding hydrogens is 491 g/mol. The molecule has 0 atom stereocenters. The number of halogens is 6. The van der Waals surface area contributed by atoms with Gasteiger partial charge in [0.15, 0.2) is 10.1 Å². The van der Waals surface area contributed by atoms with Crippen molar-refractivity contribution in [2.24, 2.45) is 0 Å². The maximum atomic E-state index is 10.7. The molecule has 3 rings (SSSR count). The van der Waals surface area contributed by atoms with Crippen LogP contribution in [0, 0.1) is 7.14 Å². The van der Waals surface area contributed by atoms with Crippen LogP contribution in [0.2, 0.25) is 10.0 Å². The predicted octanol–water partition coefficient (Wildman–Crippen LogP) is 1.15. The van der Waals surface area contributed by atoms with Crippen LogP contribution >= 0.6 is 23.2 Å². The summed E-state index contributed by atoms with van der Waals surface area (Å²) >= 11 is 12.3. The molecule has 0 fully saturated rings. The van der Waals surface area contributed by atoms with Crippen molar-refractivity contribution in [3.8, 4) is 11.1 Å². The molecule has 0 amide bonds. The van der Waals surface area contributed by atoms with E-state index >= 15 is 0 Å². The smallest absolute Gasteiger partial charge is 0.485 e. The second kappa shape index (κ2) is 6.75. The van der Waals surface area contributed by atoms with Crippen molar-refractivity contribution >= 4 is 33.3 Å². The van der Waals surface area contributed by atoms with Crippen LogP contribution in [0.25, 0.3) is 11.1 Å². The molecule has 0 saturated heterocycles. The lowest BCUT2D eigenvalue weighted by Gasteiger charge is -2.08. The van der Waals surface area contributed by atoms with E-state index in [1.54, 1.807) is 0 Å². The average Bonchev–Trinajstić information content (AvgIpc) is 2.78. The molecule has 23 heavy (non-hydrogen) atoms. The van der Waals surface area contributed by atoms with Crippen LogP contribution in [0.3, 0.4) is 0 Å². The van der Waals surface area contributed by atoms with Gasteiger partial charge in [0.1, 0.15) is 0 Å². The van der Waals surface area contributed by atoms with Crippen LogP contribution in [0.5, 0.6) is 0 Å². The third kappa shape index (κ3) is 4.11. The van der Waals surface area contributed by atoms with E-state index in [4.69, 9.17) is 36.2 Å². The Bertz CT molecular complexity index is 854. The summed E-state index contributed by atoms with van der Waals surface area (Å²) < 4.78 is 61.6. The van der Waals surface area contributed by atoms with Gasteiger partial charge in [-0.3, -0.25) is 0 Å². The Morgan fingerprint density at radius 3 is 2.09 bits per heavy atom. The van der Waals surface area contributed by atoms with E-state index in [2.05, 4.69) is 12.1 Å². The molecule has 0 aliphatic carbocycles. The van der Waals surface area contributed by atoms with Crippen molar-refractivity contribution in [1.82, 2.24) is 0 Å². The van der Waals surface area contributed by atoms with Crippen molar-refractivity contribution < 1.29 is 47.3 Å². The van der Waals surface area contributed by atoms with Crippen molar-refractivity contribution in [2.45, 2.75) is 5.51 Å². The Morgan fingerprint density at radius 1 is 1.00 bits per heavy atom. The number of rotatable bonds is 0. The van der Waals surface area contributed by atoms with Gasteiger partial charge in [0.05, 0.1) is 15.6 Å². The minimum atomic E-state index is -6.09. The lowest BCUT2D eigenvalue weighted by Crippen LogP contribution is -3.61. The van der Waals surface area contributed by atoms with Crippen molar-refractivity contribution in [3.05, 3.63) is 53.6 Å². The zero-order valence-electron chi connectivity index (χ0n) is 10.9. The van der Waals surface area contributed by atoms with E-state index in [1.165, 1.54) is 18.3 Å². The fourth-order valence-corrected chi connectivity index (χ4v) is 5.58. The van der Waals surface area contributed by atoms with Gasteiger partial charge in [-0.05, 0) is 24.3 Å². The highest BCUT2D eigenvalue weighted by molar-refractivity contribution is 7.86. The van der Waals surface area contributed by atoms with Crippen LogP contribution in [0.15, 0.2) is 36.4 Å². The van der Waals surface area contributed by atoms with Gasteiger partial charge in [-0.15, -0.1) is 0 Å². The van der Waals surface area contributed by atoms with Gasteiger partial charge in [0, 0.05) is 5.56 Å². The van der Waals surface area contributed by atoms with E-state index in [9.17, 15) is 13.2 Å². The lowest BCUT2D eigenvalue weighted by molar-refractivity contribution is -0.589. The van der Waals surface area contributed by atoms with E-state index in [0.29, 0.717) is 0 Å². The molecule has 0 saturated carbocycles. The molecule has 1 aliphatic heterocycles. The molecule has 0 bridgehead atoms. The standard InChI is InChI=1S/C12H6Cl2I.CHF3O3S/c13-8-4-2-6-10-11(8)7-3-1-5-9(14)12(7)15-10;2-1(3,4)8(5,6)7/h1-6H;(H,5,6,7)/q+1;/p-1. The van der Waals surface area contributed by atoms with Gasteiger partial charge in [0.2, 0.25) is 7.14 Å². The molecule has 0 radical (unpaired) electrons. The van der Waals surface area contributed by atoms with Crippen LogP contribution in [-0.2, 0) is 10.1 Å². The van der Waals surface area contributed by atoms with Crippen molar-refractivity contribution in [2.75, 3.05) is 0 Å². The summed E-state index contributed by atoms with van der Waals surface area (Å²) in [6.07, 6.45) is 0. The fraction of sp³-hybridized carbons (Fsp3) is 0.0769. The molecule has 2 aromatic carbocycles. The van der Waals surface area contributed by atoms with Gasteiger partial charge in [-0.25, -0.2) is 8.42 Å². The van der Waals surface area contributed by atoms with Gasteiger partial charge in [0.25, 0.3) is 0 Å². The van der Waals surface area contributed by atoms with E-state index in [1.807, 2.05) is 24.3 Å². The van der Waals surface area contributed by atoms with Gasteiger partial charge in [-0.1, -0.05) is 35.3 Å². The first-order valence-corrected chi connectivity index (χ1v) is 10.1. The molecule has 3 nitrogen and oxygen atoms in total. The largest absolute Gasteiger partial charge is 0.741 e. The topological polar surface area (TPSA) is 57.2 Å². The summed E-state index contributed by atoms with van der Waals surface area (Å²) in [7, 11) is -6.09. The number of alkyl halides is 3. The summed E-state index contributed by atoms with van der Waals surface area (Å²) in [5.41, 5.74) is -3.21. The maximum Gasteiger partial charge on any atom is 0.485 e. The maximum absolute atomic E-state index is 10.7. The molecule has 2 aromatic rings. The van der Waals surface area contributed by atoms with Crippen LogP contribution in [0.1, 0.15) is 0 Å². The zero-order valence-corrected chi connectivity index (χ0v) is 15.4. The lowest BCUT2D eigenvalue weighted by atomic mass is 10.1. The Morgan fingerprint density at radius 2 is 1.52 bits per heavy atom. The predicted molar refractivity (Wildman–Crippen MR) is 75.0 cm³/mol. The molecular formula is C13H6Cl2F3IO3S. The summed E-state index contributed by atoms with van der Waals surface area (Å²) in [6.45, 7) is 0. The minimum Gasteiger partial charge on any atom is -0.741 e. The first-order valence-electron chi connectivity index (χ1n) is 5.77. The Labute approximate surface area is 150 Å². The second-order valence-electron chi connectivity index (χ2n) is 4.19. The molecule has 10 heteroatoms. The van der Waals surface area contributed by atoms with Crippen molar-refractivity contribution in [1.29, 1.82) is 0 Å². The highest BCUT2D eigenvalue weighted by atomic mass is 127. The van der Waals surface area contributed by atoms with Gasteiger partial charge < -0.3 is 4.55 Å². The normalized spacial score (nSPS) is 13.0. The molecule has 0 N–H and O–H groups in total. The van der Waals surface area contributed by atoms with E-state index < -0.39 is 15.6 Å². The first-order chi connectivity index (χ1) is 10.5. The van der Waals surface area contributed by atoms with E-state index in [0.717, 1.165) is 10.0 Å². The number of benzene rings is 2. The highest BCUT2D eigenvalue weighted by Gasteiger charge is 2.37. The third-order valence-electron chi connectivity index (χ3n) is 2.66. The Hall–Kier alpha value is -0.550. The monoisotopic (exact) mass is 496 g/mol. The molecule has 0 unspecified atom stereocenters. The van der Waals surface area contributed by atoms with Gasteiger partial charge >= 0.3 is 26.7 Å². The quantitative estimate of drug-likeness (QED) is 0.266. The summed E-state index contributed by atoms with van der Waals surface area (Å²) in [5.74, 6) is 0. The van der Waals surface area contributed by atoms with Crippen molar-refractivity contribution in [3.63, 3.8) is 0 Å². The number of fused-ring (bicyclic) bond motifs is 3. The third-order valence-corrected chi connectivity index (χ3v) is 7.36. The summed E-state index contributed by atoms with van der Waals surface area (Å²) in [6, 6.07) is 12.2.